The van der Waals surface area contributed by atoms with Gasteiger partial charge in [0.25, 0.3) is 0 Å². The van der Waals surface area contributed by atoms with Gasteiger partial charge < -0.3 is 15.5 Å². The van der Waals surface area contributed by atoms with Crippen LogP contribution in [-0.4, -0.2) is 54.7 Å². The number of benzene rings is 1. The van der Waals surface area contributed by atoms with Gasteiger partial charge in [0.2, 0.25) is 5.91 Å². The average molecular weight is 446 g/mol. The lowest BCUT2D eigenvalue weighted by atomic mass is 10.4. The van der Waals surface area contributed by atoms with Crippen LogP contribution in [0.2, 0.25) is 0 Å². The molecule has 0 aliphatic carbocycles. The zero-order valence-corrected chi connectivity index (χ0v) is 17.6. The van der Waals surface area contributed by atoms with Gasteiger partial charge in [-0.2, -0.15) is 13.2 Å². The summed E-state index contributed by atoms with van der Waals surface area (Å²) in [6, 6.07) is 9.88. The Kier molecular flexibility index (Phi) is 8.77. The van der Waals surface area contributed by atoms with E-state index in [0.29, 0.717) is 12.5 Å². The number of aliphatic imine (C=N–C) groups is 1. The summed E-state index contributed by atoms with van der Waals surface area (Å²) >= 11 is 2.57. The number of guanidine groups is 1. The number of rotatable bonds is 8. The summed E-state index contributed by atoms with van der Waals surface area (Å²) < 4.78 is 38.0. The molecule has 0 atom stereocenters. The predicted molar refractivity (Wildman–Crippen MR) is 110 cm³/mol. The number of thiazole rings is 1. The van der Waals surface area contributed by atoms with Crippen LogP contribution in [0.1, 0.15) is 10.7 Å². The van der Waals surface area contributed by atoms with Crippen LogP contribution in [0.3, 0.4) is 0 Å². The van der Waals surface area contributed by atoms with E-state index >= 15 is 0 Å². The number of alkyl halides is 3. The summed E-state index contributed by atoms with van der Waals surface area (Å²) in [5.74, 6) is 0.915. The Morgan fingerprint density at radius 2 is 1.97 bits per heavy atom. The van der Waals surface area contributed by atoms with Gasteiger partial charge in [-0.05, 0) is 12.1 Å². The lowest BCUT2D eigenvalue weighted by molar-refractivity contribution is -0.140. The van der Waals surface area contributed by atoms with Crippen LogP contribution in [0.5, 0.6) is 0 Å². The molecular weight excluding hydrogens is 423 g/mol. The van der Waals surface area contributed by atoms with Crippen molar-refractivity contribution < 1.29 is 18.0 Å². The van der Waals surface area contributed by atoms with E-state index in [1.54, 1.807) is 25.9 Å². The van der Waals surface area contributed by atoms with E-state index in [2.05, 4.69) is 20.6 Å². The van der Waals surface area contributed by atoms with Crippen molar-refractivity contribution in [2.24, 2.45) is 4.99 Å². The molecule has 29 heavy (non-hydrogen) atoms. The predicted octanol–water partition coefficient (Wildman–Crippen LogP) is 3.08. The smallest absolute Gasteiger partial charge is 0.356 e. The van der Waals surface area contributed by atoms with Crippen LogP contribution < -0.4 is 10.6 Å². The fourth-order valence-corrected chi connectivity index (χ4v) is 3.53. The van der Waals surface area contributed by atoms with Gasteiger partial charge in [0.1, 0.15) is 11.6 Å². The topological polar surface area (TPSA) is 69.6 Å². The van der Waals surface area contributed by atoms with E-state index in [-0.39, 0.29) is 24.0 Å². The number of carbonyl (C=O) groups is 1. The first kappa shape index (κ1) is 23.0. The van der Waals surface area contributed by atoms with Crippen molar-refractivity contribution >= 4 is 35.0 Å². The van der Waals surface area contributed by atoms with Crippen molar-refractivity contribution in [2.45, 2.75) is 17.6 Å². The third kappa shape index (κ3) is 8.32. The number of amides is 1. The fraction of sp³-hybridized carbons (Fsp3) is 0.389. The first-order chi connectivity index (χ1) is 13.8. The highest BCUT2D eigenvalue weighted by Gasteiger charge is 2.33. The van der Waals surface area contributed by atoms with Crippen LogP contribution in [0.4, 0.5) is 13.2 Å². The van der Waals surface area contributed by atoms with E-state index in [1.165, 1.54) is 4.90 Å². The molecule has 11 heteroatoms. The van der Waals surface area contributed by atoms with Gasteiger partial charge >= 0.3 is 6.18 Å². The molecule has 0 fully saturated rings. The Morgan fingerprint density at radius 3 is 2.59 bits per heavy atom. The summed E-state index contributed by atoms with van der Waals surface area (Å²) in [5.41, 5.74) is -0.909. The van der Waals surface area contributed by atoms with E-state index < -0.39 is 11.9 Å². The van der Waals surface area contributed by atoms with Gasteiger partial charge in [-0.1, -0.05) is 18.2 Å². The Balaban J connectivity index is 1.90. The molecule has 0 bridgehead atoms. The van der Waals surface area contributed by atoms with Gasteiger partial charge in [0.15, 0.2) is 11.7 Å². The number of hydrogen-bond donors (Lipinski definition) is 2. The van der Waals surface area contributed by atoms with Crippen molar-refractivity contribution in [1.29, 1.82) is 0 Å². The molecule has 1 heterocycles. The van der Waals surface area contributed by atoms with Crippen molar-refractivity contribution in [2.75, 3.05) is 32.9 Å². The highest BCUT2D eigenvalue weighted by atomic mass is 32.2. The molecule has 0 aliphatic rings. The quantitative estimate of drug-likeness (QED) is 0.283. The molecule has 1 amide bonds. The maximum Gasteiger partial charge on any atom is 0.434 e. The summed E-state index contributed by atoms with van der Waals surface area (Å²) in [4.78, 5) is 22.1. The van der Waals surface area contributed by atoms with Gasteiger partial charge in [-0.3, -0.25) is 4.79 Å². The molecule has 0 aliphatic heterocycles. The molecular formula is C18H22F3N5OS2. The van der Waals surface area contributed by atoms with Crippen LogP contribution >= 0.6 is 23.1 Å². The van der Waals surface area contributed by atoms with Gasteiger partial charge in [0.05, 0.1) is 6.54 Å². The first-order valence-electron chi connectivity index (χ1n) is 8.67. The highest BCUT2D eigenvalue weighted by molar-refractivity contribution is 7.99. The second-order valence-electron chi connectivity index (χ2n) is 6.02. The molecule has 2 aromatic rings. The zero-order valence-electron chi connectivity index (χ0n) is 16.0. The highest BCUT2D eigenvalue weighted by Crippen LogP contribution is 2.29. The molecule has 6 nitrogen and oxygen atoms in total. The van der Waals surface area contributed by atoms with Crippen LogP contribution in [0.15, 0.2) is 45.6 Å². The maximum atomic E-state index is 12.7. The zero-order chi connectivity index (χ0) is 21.3. The molecule has 0 saturated heterocycles. The summed E-state index contributed by atoms with van der Waals surface area (Å²) in [5, 5.41) is 7.29. The summed E-state index contributed by atoms with van der Waals surface area (Å²) in [6.07, 6.45) is -4.46. The number of aromatic nitrogens is 1. The molecule has 0 unspecified atom stereocenters. The lowest BCUT2D eigenvalue weighted by Gasteiger charge is -2.13. The van der Waals surface area contributed by atoms with Crippen LogP contribution in [0, 0.1) is 0 Å². The largest absolute Gasteiger partial charge is 0.434 e. The molecule has 2 N–H and O–H groups in total. The number of likely N-dealkylation sites (N-methyl/N-ethyl adjacent to an activating group) is 1. The number of hydrogen-bond acceptors (Lipinski definition) is 5. The maximum absolute atomic E-state index is 12.7. The van der Waals surface area contributed by atoms with Crippen LogP contribution in [0.25, 0.3) is 0 Å². The number of carbonyl (C=O) groups excluding carboxylic acids is 1. The monoisotopic (exact) mass is 445 g/mol. The van der Waals surface area contributed by atoms with Gasteiger partial charge in [-0.25, -0.2) is 9.98 Å². The molecule has 158 valence electrons. The SMILES string of the molecule is CN(C)C(=O)CN=C(NCCSc1ccccc1)NCc1nc(C(F)(F)F)cs1. The van der Waals surface area contributed by atoms with Gasteiger partial charge in [-0.15, -0.1) is 23.1 Å². The average Bonchev–Trinajstić information content (AvgIpc) is 3.16. The van der Waals surface area contributed by atoms with Crippen molar-refractivity contribution in [1.82, 2.24) is 20.5 Å². The molecule has 0 spiro atoms. The second-order valence-corrected chi connectivity index (χ2v) is 8.13. The minimum absolute atomic E-state index is 0.0696. The molecule has 1 aromatic heterocycles. The van der Waals surface area contributed by atoms with E-state index in [1.807, 2.05) is 30.3 Å². The Bertz CT molecular complexity index is 809. The van der Waals surface area contributed by atoms with Gasteiger partial charge in [0, 0.05) is 36.7 Å². The third-order valence-electron chi connectivity index (χ3n) is 3.53. The summed E-state index contributed by atoms with van der Waals surface area (Å²) in [6.45, 7) is 0.571. The number of nitrogens with one attached hydrogen (secondary N) is 2. The van der Waals surface area contributed by atoms with Crippen molar-refractivity contribution in [3.8, 4) is 0 Å². The van der Waals surface area contributed by atoms with E-state index in [0.717, 1.165) is 27.4 Å². The van der Waals surface area contributed by atoms with E-state index in [4.69, 9.17) is 0 Å². The second kappa shape index (κ2) is 11.1. The molecule has 2 rings (SSSR count). The fourth-order valence-electron chi connectivity index (χ4n) is 2.00. The first-order valence-corrected chi connectivity index (χ1v) is 10.5. The summed E-state index contributed by atoms with van der Waals surface area (Å²) in [7, 11) is 3.26. The van der Waals surface area contributed by atoms with Crippen LogP contribution in [-0.2, 0) is 17.5 Å². The standard InChI is InChI=1S/C18H22F3N5OS2/c1-26(2)16(27)11-24-17(22-8-9-28-13-6-4-3-5-7-13)23-10-15-25-14(12-29-15)18(19,20)21/h3-7,12H,8-11H2,1-2H3,(H2,22,23,24). The number of thioether (sulfide) groups is 1. The Hall–Kier alpha value is -2.27. The van der Waals surface area contributed by atoms with Crippen molar-refractivity contribution in [3.05, 3.63) is 46.4 Å². The minimum atomic E-state index is -4.46. The molecule has 0 saturated carbocycles. The number of nitrogens with zero attached hydrogens (tertiary/aromatic N) is 3. The lowest BCUT2D eigenvalue weighted by Crippen LogP contribution is -2.39. The molecule has 0 radical (unpaired) electrons. The Labute approximate surface area is 175 Å². The third-order valence-corrected chi connectivity index (χ3v) is 5.39. The van der Waals surface area contributed by atoms with Crippen molar-refractivity contribution in [3.63, 3.8) is 0 Å². The number of halogens is 3. The Morgan fingerprint density at radius 1 is 1.24 bits per heavy atom. The molecule has 1 aromatic carbocycles. The minimum Gasteiger partial charge on any atom is -0.356 e. The van der Waals surface area contributed by atoms with E-state index in [9.17, 15) is 18.0 Å². The normalized spacial score (nSPS) is 12.0.